The van der Waals surface area contributed by atoms with Crippen LogP contribution in [0, 0.1) is 0 Å². The van der Waals surface area contributed by atoms with Crippen molar-refractivity contribution in [3.8, 4) is 0 Å². The summed E-state index contributed by atoms with van der Waals surface area (Å²) in [5.41, 5.74) is 1.51. The third-order valence-electron chi connectivity index (χ3n) is 15.1. The topological polar surface area (TPSA) is 149 Å². The van der Waals surface area contributed by atoms with Gasteiger partial charge in [0.15, 0.2) is 16.9 Å². The highest BCUT2D eigenvalue weighted by Crippen LogP contribution is 2.58. The lowest BCUT2D eigenvalue weighted by Gasteiger charge is -2.50. The van der Waals surface area contributed by atoms with Gasteiger partial charge in [0.05, 0.1) is 6.16 Å². The molecule has 11 rings (SSSR count). The van der Waals surface area contributed by atoms with Crippen LogP contribution in [0.25, 0.3) is 0 Å². The van der Waals surface area contributed by atoms with Gasteiger partial charge < -0.3 is 24.9 Å². The second-order valence-electron chi connectivity index (χ2n) is 22.4. The molecule has 3 heterocycles. The van der Waals surface area contributed by atoms with Crippen LogP contribution in [0.5, 0.6) is 0 Å². The van der Waals surface area contributed by atoms with Gasteiger partial charge in [0.1, 0.15) is 57.1 Å². The summed E-state index contributed by atoms with van der Waals surface area (Å²) in [5.74, 6) is -2.38. The van der Waals surface area contributed by atoms with E-state index in [0.29, 0.717) is 17.0 Å². The maximum atomic E-state index is 15.7. The van der Waals surface area contributed by atoms with Crippen LogP contribution in [-0.2, 0) is 39.0 Å². The second-order valence-corrected chi connectivity index (χ2v) is 27.9. The summed E-state index contributed by atoms with van der Waals surface area (Å²) in [7, 11) is -2.64. The first kappa shape index (κ1) is 58.8. The number of fused-ring (bicyclic) bond motifs is 1. The molecule has 432 valence electrons. The van der Waals surface area contributed by atoms with Gasteiger partial charge in [-0.3, -0.25) is 14.5 Å². The van der Waals surface area contributed by atoms with Gasteiger partial charge in [-0.1, -0.05) is 211 Å². The molecule has 0 spiro atoms. The van der Waals surface area contributed by atoms with Gasteiger partial charge in [0, 0.05) is 16.7 Å². The summed E-state index contributed by atoms with van der Waals surface area (Å²) in [5, 5.41) is 15.9. The van der Waals surface area contributed by atoms with Crippen LogP contribution < -0.4 is 26.5 Å². The first-order valence-corrected chi connectivity index (χ1v) is 32.3. The SMILES string of the molecule is CC(C)(C)OC(=O)C(C)(C)O/N=C(\C(=O)NC1C(=O)N2C(C(=O)OC(c3ccccc3)c3ccccc3)=C(C[P+](c3ccccc3)(c3ccccc3)c3ccccc3)CS[C@@H]12)c1csc(NC(c2ccccc2)(c2ccccc2)c2ccccc2)n1. The minimum absolute atomic E-state index is 0.111. The van der Waals surface area contributed by atoms with Gasteiger partial charge in [-0.2, -0.15) is 0 Å². The van der Waals surface area contributed by atoms with E-state index in [1.807, 2.05) is 170 Å². The van der Waals surface area contributed by atoms with Crippen molar-refractivity contribution < 1.29 is 33.5 Å². The molecule has 2 N–H and O–H groups in total. The number of amides is 2. The van der Waals surface area contributed by atoms with Crippen molar-refractivity contribution in [3.05, 3.63) is 293 Å². The van der Waals surface area contributed by atoms with Crippen LogP contribution in [0.2, 0.25) is 0 Å². The maximum Gasteiger partial charge on any atom is 0.356 e. The molecule has 86 heavy (non-hydrogen) atoms. The summed E-state index contributed by atoms with van der Waals surface area (Å²) >= 11 is 2.71. The van der Waals surface area contributed by atoms with E-state index in [1.165, 1.54) is 41.8 Å². The number of nitrogens with one attached hydrogen (secondary N) is 2. The summed E-state index contributed by atoms with van der Waals surface area (Å²) in [6.07, 6.45) is -0.422. The number of esters is 2. The standard InChI is InChI=1S/C71H64N5O7PS2/c1-69(2,3)82-67(80)70(4,5)83-75-59(58-48-86-68(72-58)74-71(52-34-18-8-19-35-52,53-36-20-9-21-37-53)54-38-22-10-23-39-54)63(77)73-60-64(78)76-61(66(79)81-62(49-30-14-6-15-31-49)50-32-16-7-17-33-50)51(47-85-65(60)76)46-84(55-40-24-11-25-41-55,56-42-26-12-27-43-56)57-44-28-13-29-45-57/h6-45,48,60,62,65H,46-47H2,1-5H3,(H-,72,73,74,77)/p+1/b75-59-/t60?,65-/m0/s1. The molecule has 1 unspecified atom stereocenters. The number of carbonyl (C=O) groups excluding carboxylic acids is 4. The molecule has 0 radical (unpaired) electrons. The van der Waals surface area contributed by atoms with Gasteiger partial charge in [0.2, 0.25) is 5.60 Å². The lowest BCUT2D eigenvalue weighted by Crippen LogP contribution is -2.71. The lowest BCUT2D eigenvalue weighted by molar-refractivity contribution is -0.179. The van der Waals surface area contributed by atoms with E-state index < -0.39 is 65.3 Å². The number of oxime groups is 1. The summed E-state index contributed by atoms with van der Waals surface area (Å²) in [6.45, 7) is 8.25. The quantitative estimate of drug-likeness (QED) is 0.0189. The number of hydrogen-bond donors (Lipinski definition) is 2. The molecule has 0 bridgehead atoms. The fraction of sp³-hybridized carbons (Fsp3) is 0.183. The Kier molecular flexibility index (Phi) is 17.3. The number of rotatable bonds is 20. The Labute approximate surface area is 510 Å². The van der Waals surface area contributed by atoms with Crippen LogP contribution in [0.4, 0.5) is 5.13 Å². The van der Waals surface area contributed by atoms with Crippen molar-refractivity contribution in [1.82, 2.24) is 15.2 Å². The molecule has 1 saturated heterocycles. The van der Waals surface area contributed by atoms with Gasteiger partial charge in [-0.05, 0) is 98.8 Å². The van der Waals surface area contributed by atoms with E-state index in [9.17, 15) is 4.79 Å². The zero-order valence-corrected chi connectivity index (χ0v) is 50.8. The normalized spacial score (nSPS) is 15.5. The highest BCUT2D eigenvalue weighted by atomic mass is 32.2. The van der Waals surface area contributed by atoms with E-state index in [-0.39, 0.29) is 17.1 Å². The number of ether oxygens (including phenoxy) is 2. The van der Waals surface area contributed by atoms with Crippen molar-refractivity contribution in [3.63, 3.8) is 0 Å². The largest absolute Gasteiger partial charge is 0.457 e. The molecule has 2 amide bonds. The predicted octanol–water partition coefficient (Wildman–Crippen LogP) is 12.4. The molecule has 2 atom stereocenters. The van der Waals surface area contributed by atoms with Crippen LogP contribution >= 0.6 is 30.4 Å². The number of β-lactam (4-membered cyclic amide) rings is 1. The fourth-order valence-electron chi connectivity index (χ4n) is 11.0. The Bertz CT molecular complexity index is 3660. The molecule has 0 saturated carbocycles. The van der Waals surface area contributed by atoms with E-state index in [4.69, 9.17) is 19.3 Å². The van der Waals surface area contributed by atoms with Gasteiger partial charge in [-0.15, -0.1) is 23.1 Å². The molecule has 8 aromatic carbocycles. The van der Waals surface area contributed by atoms with Crippen molar-refractivity contribution in [1.29, 1.82) is 0 Å². The summed E-state index contributed by atoms with van der Waals surface area (Å²) < 4.78 is 12.4. The Morgan fingerprint density at radius 2 is 1.06 bits per heavy atom. The third-order valence-corrected chi connectivity index (χ3v) is 21.6. The Hall–Kier alpha value is -8.94. The minimum Gasteiger partial charge on any atom is -0.457 e. The van der Waals surface area contributed by atoms with Gasteiger partial charge >= 0.3 is 11.9 Å². The zero-order chi connectivity index (χ0) is 59.9. The number of nitrogens with zero attached hydrogens (tertiary/aromatic N) is 3. The van der Waals surface area contributed by atoms with Crippen molar-refractivity contribution in [2.45, 2.75) is 68.9 Å². The van der Waals surface area contributed by atoms with Crippen molar-refractivity contribution >= 4 is 80.9 Å². The fourth-order valence-corrected chi connectivity index (χ4v) is 17.6. The average molecular weight is 1200 g/mol. The van der Waals surface area contributed by atoms with Crippen molar-refractivity contribution in [2.24, 2.45) is 5.16 Å². The van der Waals surface area contributed by atoms with E-state index in [0.717, 1.165) is 49.3 Å². The number of benzene rings is 8. The number of anilines is 1. The molecule has 0 aliphatic carbocycles. The summed E-state index contributed by atoms with van der Waals surface area (Å²) in [4.78, 5) is 72.5. The van der Waals surface area contributed by atoms with E-state index in [2.05, 4.69) is 88.6 Å². The van der Waals surface area contributed by atoms with Gasteiger partial charge in [0.25, 0.3) is 11.8 Å². The Balaban J connectivity index is 0.983. The predicted molar refractivity (Wildman–Crippen MR) is 345 cm³/mol. The Morgan fingerprint density at radius 3 is 1.50 bits per heavy atom. The molecule has 1 fully saturated rings. The second kappa shape index (κ2) is 25.3. The van der Waals surface area contributed by atoms with E-state index >= 15 is 14.4 Å². The smallest absolute Gasteiger partial charge is 0.356 e. The van der Waals surface area contributed by atoms with Crippen LogP contribution in [0.15, 0.2) is 264 Å². The van der Waals surface area contributed by atoms with Crippen LogP contribution in [-0.4, -0.2) is 73.9 Å². The highest BCUT2D eigenvalue weighted by molar-refractivity contribution is 8.00. The number of hydrogen-bond acceptors (Lipinski definition) is 12. The lowest BCUT2D eigenvalue weighted by atomic mass is 9.77. The Morgan fingerprint density at radius 1 is 0.628 bits per heavy atom. The minimum atomic E-state index is -2.64. The number of aromatic nitrogens is 1. The molecule has 12 nitrogen and oxygen atoms in total. The molecule has 1 aromatic heterocycles. The number of carbonyl (C=O) groups is 4. The third kappa shape index (κ3) is 12.2. The maximum absolute atomic E-state index is 15.7. The number of thioether (sulfide) groups is 1. The molecule has 15 heteroatoms. The average Bonchev–Trinajstić information content (AvgIpc) is 0.817. The van der Waals surface area contributed by atoms with E-state index in [1.54, 1.807) is 26.2 Å². The van der Waals surface area contributed by atoms with Crippen molar-refractivity contribution in [2.75, 3.05) is 17.2 Å². The summed E-state index contributed by atoms with van der Waals surface area (Å²) in [6, 6.07) is 79.3. The van der Waals surface area contributed by atoms with Crippen LogP contribution in [0.1, 0.15) is 74.2 Å². The monoisotopic (exact) mass is 1190 g/mol. The van der Waals surface area contributed by atoms with Gasteiger partial charge in [-0.25, -0.2) is 14.6 Å². The molecule has 2 aliphatic heterocycles. The first-order valence-electron chi connectivity index (χ1n) is 28.4. The molecule has 9 aromatic rings. The zero-order valence-electron chi connectivity index (χ0n) is 48.3. The number of thiazole rings is 1. The molecular weight excluding hydrogens is 1130 g/mol. The molecule has 2 aliphatic rings. The van der Waals surface area contributed by atoms with Crippen LogP contribution in [0.3, 0.4) is 0 Å². The molecular formula is C71H65N5O7PS2+. The first-order chi connectivity index (χ1) is 41.7. The highest BCUT2D eigenvalue weighted by Gasteiger charge is 2.57.